The van der Waals surface area contributed by atoms with Crippen molar-refractivity contribution in [1.82, 2.24) is 4.98 Å². The van der Waals surface area contributed by atoms with Crippen LogP contribution in [-0.2, 0) is 0 Å². The lowest BCUT2D eigenvalue weighted by atomic mass is 10.2. The van der Waals surface area contributed by atoms with Crippen LogP contribution in [0.25, 0.3) is 6.08 Å². The van der Waals surface area contributed by atoms with Crippen LogP contribution in [0.3, 0.4) is 0 Å². The van der Waals surface area contributed by atoms with Gasteiger partial charge in [-0.3, -0.25) is 0 Å². The summed E-state index contributed by atoms with van der Waals surface area (Å²) in [5.41, 5.74) is 6.42. The van der Waals surface area contributed by atoms with E-state index in [9.17, 15) is 0 Å². The van der Waals surface area contributed by atoms with Crippen LogP contribution in [0, 0.1) is 11.3 Å². The third-order valence-corrected chi connectivity index (χ3v) is 1.32. The van der Waals surface area contributed by atoms with Crippen molar-refractivity contribution in [3.05, 3.63) is 30.0 Å². The molecule has 1 aromatic heterocycles. The van der Waals surface area contributed by atoms with Gasteiger partial charge in [-0.15, -0.1) is 0 Å². The normalized spacial score (nSPS) is 9.92. The SMILES string of the molecule is N#CCC=Cc1ccnc(N)c1. The maximum absolute atomic E-state index is 8.26. The standard InChI is InChI=1S/C9H9N3/c10-5-2-1-3-8-4-6-12-9(11)7-8/h1,3-4,6-7H,2H2,(H2,11,12). The van der Waals surface area contributed by atoms with Gasteiger partial charge in [-0.1, -0.05) is 12.2 Å². The molecule has 0 aliphatic carbocycles. The van der Waals surface area contributed by atoms with Crippen molar-refractivity contribution in [2.24, 2.45) is 0 Å². The van der Waals surface area contributed by atoms with Crippen LogP contribution in [0.15, 0.2) is 24.4 Å². The van der Waals surface area contributed by atoms with Gasteiger partial charge in [0.2, 0.25) is 0 Å². The average Bonchev–Trinajstić information content (AvgIpc) is 2.05. The molecule has 0 saturated heterocycles. The highest BCUT2D eigenvalue weighted by Gasteiger charge is 1.87. The second-order valence-corrected chi connectivity index (χ2v) is 2.28. The Bertz CT molecular complexity index is 323. The zero-order valence-electron chi connectivity index (χ0n) is 6.57. The van der Waals surface area contributed by atoms with Gasteiger partial charge in [0.1, 0.15) is 5.82 Å². The first-order valence-electron chi connectivity index (χ1n) is 3.58. The van der Waals surface area contributed by atoms with Crippen LogP contribution in [-0.4, -0.2) is 4.98 Å². The number of hydrogen-bond acceptors (Lipinski definition) is 3. The van der Waals surface area contributed by atoms with Crippen molar-refractivity contribution in [3.8, 4) is 6.07 Å². The van der Waals surface area contributed by atoms with Crippen LogP contribution >= 0.6 is 0 Å². The minimum Gasteiger partial charge on any atom is -0.384 e. The molecule has 3 heteroatoms. The third-order valence-electron chi connectivity index (χ3n) is 1.32. The van der Waals surface area contributed by atoms with Gasteiger partial charge >= 0.3 is 0 Å². The molecule has 1 aromatic rings. The second-order valence-electron chi connectivity index (χ2n) is 2.28. The molecule has 0 unspecified atom stereocenters. The summed E-state index contributed by atoms with van der Waals surface area (Å²) in [4.78, 5) is 3.85. The van der Waals surface area contributed by atoms with E-state index in [1.165, 1.54) is 0 Å². The van der Waals surface area contributed by atoms with Gasteiger partial charge in [0.15, 0.2) is 0 Å². The van der Waals surface area contributed by atoms with E-state index in [0.29, 0.717) is 12.2 Å². The lowest BCUT2D eigenvalue weighted by Crippen LogP contribution is -1.88. The molecule has 1 rings (SSSR count). The maximum Gasteiger partial charge on any atom is 0.123 e. The van der Waals surface area contributed by atoms with Crippen molar-refractivity contribution in [1.29, 1.82) is 5.26 Å². The van der Waals surface area contributed by atoms with Crippen LogP contribution in [0.5, 0.6) is 0 Å². The second kappa shape index (κ2) is 4.14. The Morgan fingerprint density at radius 1 is 1.67 bits per heavy atom. The number of allylic oxidation sites excluding steroid dienone is 1. The quantitative estimate of drug-likeness (QED) is 0.712. The fourth-order valence-corrected chi connectivity index (χ4v) is 0.817. The van der Waals surface area contributed by atoms with E-state index in [-0.39, 0.29) is 0 Å². The highest BCUT2D eigenvalue weighted by Crippen LogP contribution is 2.04. The van der Waals surface area contributed by atoms with Gasteiger partial charge in [-0.25, -0.2) is 4.98 Å². The fourth-order valence-electron chi connectivity index (χ4n) is 0.817. The zero-order valence-corrected chi connectivity index (χ0v) is 6.57. The number of hydrogen-bond donors (Lipinski definition) is 1. The Morgan fingerprint density at radius 2 is 2.50 bits per heavy atom. The minimum absolute atomic E-state index is 0.419. The lowest BCUT2D eigenvalue weighted by molar-refractivity contribution is 1.32. The largest absolute Gasteiger partial charge is 0.384 e. The first kappa shape index (κ1) is 8.28. The summed E-state index contributed by atoms with van der Waals surface area (Å²) < 4.78 is 0. The van der Waals surface area contributed by atoms with E-state index in [4.69, 9.17) is 11.0 Å². The van der Waals surface area contributed by atoms with Gasteiger partial charge in [0.05, 0.1) is 12.5 Å². The molecule has 0 saturated carbocycles. The molecule has 3 nitrogen and oxygen atoms in total. The number of nitriles is 1. The number of pyridine rings is 1. The minimum atomic E-state index is 0.419. The van der Waals surface area contributed by atoms with E-state index in [2.05, 4.69) is 4.98 Å². The summed E-state index contributed by atoms with van der Waals surface area (Å²) in [5, 5.41) is 8.26. The molecule has 2 N–H and O–H groups in total. The van der Waals surface area contributed by atoms with Crippen molar-refractivity contribution < 1.29 is 0 Å². The van der Waals surface area contributed by atoms with E-state index < -0.39 is 0 Å². The highest BCUT2D eigenvalue weighted by molar-refractivity contribution is 5.52. The predicted octanol–water partition coefficient (Wildman–Crippen LogP) is 1.59. The topological polar surface area (TPSA) is 62.7 Å². The van der Waals surface area contributed by atoms with Gasteiger partial charge in [-0.2, -0.15) is 5.26 Å². The first-order chi connectivity index (χ1) is 5.83. The molecule has 0 radical (unpaired) electrons. The van der Waals surface area contributed by atoms with E-state index in [1.807, 2.05) is 18.2 Å². The Balaban J connectivity index is 2.71. The molecule has 0 fully saturated rings. The monoisotopic (exact) mass is 159 g/mol. The third kappa shape index (κ3) is 2.43. The molecule has 0 spiro atoms. The Labute approximate surface area is 71.2 Å². The van der Waals surface area contributed by atoms with Gasteiger partial charge < -0.3 is 5.73 Å². The zero-order chi connectivity index (χ0) is 8.81. The van der Waals surface area contributed by atoms with Crippen molar-refractivity contribution in [2.75, 3.05) is 5.73 Å². The molecule has 60 valence electrons. The van der Waals surface area contributed by atoms with E-state index in [1.54, 1.807) is 18.3 Å². The Kier molecular flexibility index (Phi) is 2.86. The lowest BCUT2D eigenvalue weighted by Gasteiger charge is -1.93. The molecule has 0 aliphatic heterocycles. The van der Waals surface area contributed by atoms with E-state index in [0.717, 1.165) is 5.56 Å². The Hall–Kier alpha value is -1.82. The number of nitrogen functional groups attached to an aromatic ring is 1. The van der Waals surface area contributed by atoms with Crippen LogP contribution in [0.1, 0.15) is 12.0 Å². The molecule has 0 bridgehead atoms. The van der Waals surface area contributed by atoms with Crippen molar-refractivity contribution in [3.63, 3.8) is 0 Å². The maximum atomic E-state index is 8.26. The summed E-state index contributed by atoms with van der Waals surface area (Å²) in [5.74, 6) is 0.495. The predicted molar refractivity (Wildman–Crippen MR) is 47.9 cm³/mol. The number of aromatic nitrogens is 1. The van der Waals surface area contributed by atoms with E-state index >= 15 is 0 Å². The first-order valence-corrected chi connectivity index (χ1v) is 3.58. The van der Waals surface area contributed by atoms with Crippen LogP contribution < -0.4 is 5.73 Å². The van der Waals surface area contributed by atoms with Gasteiger partial charge in [0, 0.05) is 6.20 Å². The summed E-state index contributed by atoms with van der Waals surface area (Å²) in [6.45, 7) is 0. The molecule has 0 aliphatic rings. The van der Waals surface area contributed by atoms with Crippen LogP contribution in [0.4, 0.5) is 5.82 Å². The molecule has 1 heterocycles. The van der Waals surface area contributed by atoms with Crippen molar-refractivity contribution in [2.45, 2.75) is 6.42 Å². The molecule has 0 amide bonds. The summed E-state index contributed by atoms with van der Waals surface area (Å²) in [6, 6.07) is 5.61. The molecule has 0 atom stereocenters. The molecule has 12 heavy (non-hydrogen) atoms. The smallest absolute Gasteiger partial charge is 0.123 e. The molecule has 0 aromatic carbocycles. The summed E-state index contributed by atoms with van der Waals surface area (Å²) in [6.07, 6.45) is 5.69. The number of rotatable bonds is 2. The summed E-state index contributed by atoms with van der Waals surface area (Å²) in [7, 11) is 0. The highest BCUT2D eigenvalue weighted by atomic mass is 14.8. The number of nitrogens with two attached hydrogens (primary N) is 1. The number of nitrogens with zero attached hydrogens (tertiary/aromatic N) is 2. The summed E-state index contributed by atoms with van der Waals surface area (Å²) >= 11 is 0. The van der Waals surface area contributed by atoms with Gasteiger partial charge in [-0.05, 0) is 17.7 Å². The average molecular weight is 159 g/mol. The Morgan fingerprint density at radius 3 is 3.17 bits per heavy atom. The molecular weight excluding hydrogens is 150 g/mol. The van der Waals surface area contributed by atoms with Crippen molar-refractivity contribution >= 4 is 11.9 Å². The number of anilines is 1. The molecular formula is C9H9N3. The van der Waals surface area contributed by atoms with Gasteiger partial charge in [0.25, 0.3) is 0 Å². The fraction of sp³-hybridized carbons (Fsp3) is 0.111. The van der Waals surface area contributed by atoms with Crippen LogP contribution in [0.2, 0.25) is 0 Å².